The summed E-state index contributed by atoms with van der Waals surface area (Å²) in [7, 11) is 0. The van der Waals surface area contributed by atoms with Gasteiger partial charge in [0.15, 0.2) is 5.54 Å². The summed E-state index contributed by atoms with van der Waals surface area (Å²) < 4.78 is 74.3. The molecule has 1 N–H and O–H groups in total. The Morgan fingerprint density at radius 3 is 1.50 bits per heavy atom. The number of carbonyl (C=O) groups excluding carboxylic acids is 1. The molecule has 1 aromatic rings. The third-order valence-electron chi connectivity index (χ3n) is 2.88. The molecule has 2 nitrogen and oxygen atoms in total. The Balaban J connectivity index is 0. The Hall–Kier alpha value is -1.73. The number of hydrogen-bond acceptors (Lipinski definition) is 1. The molecule has 0 saturated heterocycles. The van der Waals surface area contributed by atoms with Crippen molar-refractivity contribution in [2.75, 3.05) is 0 Å². The standard InChI is InChI=1S/C7H10F5NO.C7H7F.C2H6/c1-4(14)13-5(2,6(3,8)9)7(10,11)12;1-6-2-4-7(8)5-3-6;1-2/h1-3H3,(H,13,14);2-5H,1H3;1-2H3. The van der Waals surface area contributed by atoms with Crippen molar-refractivity contribution in [3.63, 3.8) is 0 Å². The van der Waals surface area contributed by atoms with Crippen LogP contribution in [0.25, 0.3) is 0 Å². The van der Waals surface area contributed by atoms with Crippen LogP contribution in [0.15, 0.2) is 24.3 Å². The molecular weight excluding hydrogens is 336 g/mol. The minimum Gasteiger partial charge on any atom is -0.338 e. The van der Waals surface area contributed by atoms with E-state index in [-0.39, 0.29) is 19.7 Å². The normalized spacial score (nSPS) is 13.5. The molecule has 0 heterocycles. The largest absolute Gasteiger partial charge is 0.417 e. The highest BCUT2D eigenvalue weighted by Crippen LogP contribution is 2.41. The van der Waals surface area contributed by atoms with E-state index in [9.17, 15) is 31.1 Å². The van der Waals surface area contributed by atoms with Crippen LogP contribution < -0.4 is 5.32 Å². The second kappa shape index (κ2) is 9.54. The van der Waals surface area contributed by atoms with Gasteiger partial charge in [-0.15, -0.1) is 0 Å². The fourth-order valence-corrected chi connectivity index (χ4v) is 1.31. The van der Waals surface area contributed by atoms with Crippen molar-refractivity contribution < 1.29 is 31.1 Å². The van der Waals surface area contributed by atoms with E-state index in [1.807, 2.05) is 20.8 Å². The van der Waals surface area contributed by atoms with Crippen LogP contribution in [0.5, 0.6) is 0 Å². The van der Waals surface area contributed by atoms with Gasteiger partial charge in [0.25, 0.3) is 5.92 Å². The first-order chi connectivity index (χ1) is 10.7. The van der Waals surface area contributed by atoms with Gasteiger partial charge in [0, 0.05) is 13.8 Å². The minimum atomic E-state index is -5.21. The highest BCUT2D eigenvalue weighted by atomic mass is 19.4. The van der Waals surface area contributed by atoms with Crippen molar-refractivity contribution >= 4 is 5.91 Å². The quantitative estimate of drug-likeness (QED) is 0.717. The number of hydrogen-bond donors (Lipinski definition) is 1. The van der Waals surface area contributed by atoms with Gasteiger partial charge in [-0.25, -0.2) is 13.2 Å². The van der Waals surface area contributed by atoms with Crippen molar-refractivity contribution in [1.82, 2.24) is 5.32 Å². The van der Waals surface area contributed by atoms with E-state index in [0.29, 0.717) is 0 Å². The third-order valence-corrected chi connectivity index (χ3v) is 2.88. The summed E-state index contributed by atoms with van der Waals surface area (Å²) in [5.41, 5.74) is -2.45. The van der Waals surface area contributed by atoms with Crippen molar-refractivity contribution in [1.29, 1.82) is 0 Å². The van der Waals surface area contributed by atoms with Crippen molar-refractivity contribution in [2.24, 2.45) is 0 Å². The zero-order valence-electron chi connectivity index (χ0n) is 14.5. The lowest BCUT2D eigenvalue weighted by Crippen LogP contribution is -2.65. The molecule has 0 aliphatic rings. The maximum absolute atomic E-state index is 12.7. The van der Waals surface area contributed by atoms with Crippen LogP contribution in [-0.4, -0.2) is 23.5 Å². The van der Waals surface area contributed by atoms with E-state index in [1.54, 1.807) is 12.1 Å². The van der Waals surface area contributed by atoms with Crippen LogP contribution in [0.2, 0.25) is 0 Å². The first kappa shape index (κ1) is 24.5. The van der Waals surface area contributed by atoms with Crippen LogP contribution in [0, 0.1) is 12.7 Å². The lowest BCUT2D eigenvalue weighted by atomic mass is 9.94. The molecule has 0 bridgehead atoms. The number of alkyl halides is 5. The van der Waals surface area contributed by atoms with Crippen LogP contribution in [-0.2, 0) is 4.79 Å². The predicted octanol–water partition coefficient (Wildman–Crippen LogP) is 5.26. The van der Waals surface area contributed by atoms with Crippen LogP contribution in [0.4, 0.5) is 26.3 Å². The van der Waals surface area contributed by atoms with E-state index >= 15 is 0 Å². The number of nitrogens with one attached hydrogen (secondary N) is 1. The summed E-state index contributed by atoms with van der Waals surface area (Å²) in [4.78, 5) is 10.4. The molecule has 0 aliphatic carbocycles. The maximum Gasteiger partial charge on any atom is 0.417 e. The Morgan fingerprint density at radius 2 is 1.33 bits per heavy atom. The topological polar surface area (TPSA) is 29.1 Å². The van der Waals surface area contributed by atoms with Gasteiger partial charge in [-0.05, 0) is 26.0 Å². The Labute approximate surface area is 138 Å². The molecule has 0 spiro atoms. The summed E-state index contributed by atoms with van der Waals surface area (Å²) in [6.07, 6.45) is -5.21. The number of amides is 1. The molecule has 1 atom stereocenters. The molecule has 0 aromatic heterocycles. The molecule has 8 heteroatoms. The molecule has 1 rings (SSSR count). The molecule has 1 amide bonds. The highest BCUT2D eigenvalue weighted by Gasteiger charge is 2.64. The number of rotatable bonds is 2. The zero-order chi connectivity index (χ0) is 19.8. The average molecular weight is 359 g/mol. The third kappa shape index (κ3) is 7.70. The van der Waals surface area contributed by atoms with Gasteiger partial charge in [-0.3, -0.25) is 4.79 Å². The van der Waals surface area contributed by atoms with Crippen LogP contribution in [0.1, 0.15) is 40.2 Å². The summed E-state index contributed by atoms with van der Waals surface area (Å²) in [5.74, 6) is -5.42. The second-order valence-electron chi connectivity index (χ2n) is 4.99. The molecular formula is C16H23F6NO. The number of halogens is 6. The SMILES string of the molecule is CC.CC(=O)NC(C)(C(C)(F)F)C(F)(F)F.Cc1ccc(F)cc1. The first-order valence-corrected chi connectivity index (χ1v) is 7.16. The molecule has 0 saturated carbocycles. The van der Waals surface area contributed by atoms with Gasteiger partial charge >= 0.3 is 6.18 Å². The monoisotopic (exact) mass is 359 g/mol. The number of aryl methyl sites for hydroxylation is 1. The number of carbonyl (C=O) groups is 1. The highest BCUT2D eigenvalue weighted by molar-refractivity contribution is 5.74. The lowest BCUT2D eigenvalue weighted by Gasteiger charge is -2.37. The summed E-state index contributed by atoms with van der Waals surface area (Å²) in [5, 5.41) is 1.22. The summed E-state index contributed by atoms with van der Waals surface area (Å²) >= 11 is 0. The molecule has 0 radical (unpaired) electrons. The number of benzene rings is 1. The van der Waals surface area contributed by atoms with Crippen molar-refractivity contribution in [3.8, 4) is 0 Å². The summed E-state index contributed by atoms with van der Waals surface area (Å²) in [6, 6.07) is 6.40. The molecule has 24 heavy (non-hydrogen) atoms. The van der Waals surface area contributed by atoms with E-state index in [4.69, 9.17) is 0 Å². The fourth-order valence-electron chi connectivity index (χ4n) is 1.31. The molecule has 1 aromatic carbocycles. The van der Waals surface area contributed by atoms with E-state index in [0.717, 1.165) is 12.5 Å². The Morgan fingerprint density at radius 1 is 0.958 bits per heavy atom. The van der Waals surface area contributed by atoms with Crippen LogP contribution in [0.3, 0.4) is 0 Å². The maximum atomic E-state index is 12.7. The van der Waals surface area contributed by atoms with E-state index in [1.165, 1.54) is 17.4 Å². The summed E-state index contributed by atoms with van der Waals surface area (Å²) in [6.45, 7) is 7.03. The molecule has 1 unspecified atom stereocenters. The lowest BCUT2D eigenvalue weighted by molar-refractivity contribution is -0.253. The molecule has 0 fully saturated rings. The second-order valence-corrected chi connectivity index (χ2v) is 4.99. The molecule has 0 aliphatic heterocycles. The smallest absolute Gasteiger partial charge is 0.338 e. The van der Waals surface area contributed by atoms with E-state index < -0.39 is 23.5 Å². The van der Waals surface area contributed by atoms with Crippen LogP contribution >= 0.6 is 0 Å². The average Bonchev–Trinajstić information content (AvgIpc) is 2.42. The Bertz CT molecular complexity index is 456. The first-order valence-electron chi connectivity index (χ1n) is 7.16. The van der Waals surface area contributed by atoms with Crippen molar-refractivity contribution in [3.05, 3.63) is 35.6 Å². The fraction of sp³-hybridized carbons (Fsp3) is 0.562. The van der Waals surface area contributed by atoms with Gasteiger partial charge in [-0.2, -0.15) is 13.2 Å². The van der Waals surface area contributed by atoms with Gasteiger partial charge in [0.05, 0.1) is 0 Å². The van der Waals surface area contributed by atoms with Crippen molar-refractivity contribution in [2.45, 2.75) is 59.2 Å². The van der Waals surface area contributed by atoms with Gasteiger partial charge in [-0.1, -0.05) is 31.5 Å². The van der Waals surface area contributed by atoms with Gasteiger partial charge in [0.1, 0.15) is 5.82 Å². The molecule has 140 valence electrons. The zero-order valence-corrected chi connectivity index (χ0v) is 14.5. The van der Waals surface area contributed by atoms with E-state index in [2.05, 4.69) is 0 Å². The predicted molar refractivity (Wildman–Crippen MR) is 81.4 cm³/mol. The van der Waals surface area contributed by atoms with Gasteiger partial charge < -0.3 is 5.32 Å². The Kier molecular flexibility index (Phi) is 9.75. The van der Waals surface area contributed by atoms with Gasteiger partial charge in [0.2, 0.25) is 5.91 Å². The minimum absolute atomic E-state index is 0.108.